The van der Waals surface area contributed by atoms with Crippen LogP contribution >= 0.6 is 15.9 Å². The number of aromatic carboxylic acids is 2. The molecule has 0 atom stereocenters. The van der Waals surface area contributed by atoms with Gasteiger partial charge in [-0.15, -0.1) is 0 Å². The highest BCUT2D eigenvalue weighted by molar-refractivity contribution is 9.08. The van der Waals surface area contributed by atoms with Gasteiger partial charge in [0.25, 0.3) is 0 Å². The Hall–Kier alpha value is -6.30. The minimum absolute atomic E-state index is 0.132. The van der Waals surface area contributed by atoms with E-state index in [2.05, 4.69) is 84.5 Å². The maximum absolute atomic E-state index is 15.2. The number of carboxylic acids is 2. The number of anilines is 4. The van der Waals surface area contributed by atoms with Crippen molar-refractivity contribution in [1.29, 1.82) is 0 Å². The molecule has 2 saturated carbocycles. The summed E-state index contributed by atoms with van der Waals surface area (Å²) in [6, 6.07) is 23.2. The molecule has 2 aliphatic heterocycles. The Labute approximate surface area is 408 Å². The number of nitrogens with one attached hydrogen (secondary N) is 1. The lowest BCUT2D eigenvalue weighted by Gasteiger charge is -2.36. The summed E-state index contributed by atoms with van der Waals surface area (Å²) in [6.07, 6.45) is 6.57. The van der Waals surface area contributed by atoms with E-state index in [0.29, 0.717) is 48.6 Å². The zero-order chi connectivity index (χ0) is 49.1. The molecule has 2 aliphatic carbocycles. The zero-order valence-corrected chi connectivity index (χ0v) is 41.0. The fourth-order valence-electron chi connectivity index (χ4n) is 8.91. The number of fused-ring (bicyclic) bond motifs is 2. The van der Waals surface area contributed by atoms with Gasteiger partial charge in [-0.3, -0.25) is 14.5 Å². The van der Waals surface area contributed by atoms with Crippen molar-refractivity contribution in [2.24, 2.45) is 0 Å². The highest BCUT2D eigenvalue weighted by Crippen LogP contribution is 2.39. The van der Waals surface area contributed by atoms with Crippen LogP contribution in [0, 0.1) is 11.6 Å². The minimum Gasteiger partial charge on any atom is -0.477 e. The molecule has 4 heterocycles. The van der Waals surface area contributed by atoms with Crippen LogP contribution in [0.2, 0.25) is 0 Å². The molecule has 2 saturated heterocycles. The van der Waals surface area contributed by atoms with Crippen molar-refractivity contribution < 1.29 is 28.6 Å². The van der Waals surface area contributed by atoms with Crippen LogP contribution in [0.5, 0.6) is 0 Å². The van der Waals surface area contributed by atoms with E-state index >= 15 is 4.39 Å². The first kappa shape index (κ1) is 49.1. The molecule has 2 aromatic heterocycles. The minimum atomic E-state index is -1.28. The third kappa shape index (κ3) is 11.3. The van der Waals surface area contributed by atoms with Crippen molar-refractivity contribution in [3.8, 4) is 0 Å². The molecule has 4 fully saturated rings. The van der Waals surface area contributed by atoms with E-state index in [1.54, 1.807) is 12.1 Å². The average molecular weight is 1010 g/mol. The standard InChI is InChI=1S/C26H29FN4O3.C17H18FN3O3.C9H12BrN/c1-28(2)18-5-3-17(4-6-18)15-29-9-11-30(12-10-29)24-14-23-20(13-22(24)27)25(32)21(26(33)34)16-31(23)19-7-8-19;18-13-7-11-14(8-15(13)20-5-3-19-4-6-20)21(10-1-2-10)9-12(16(11)22)17(23)24;1-11(2)9-5-3-8(7-10)4-6-9/h3-6,13-14,16,19H,7-12,15H2,1-2H3,(H,33,34);7-10,19H,1-6H2,(H,23,24);3-6H,7H2,1-2H3. The first-order valence-corrected chi connectivity index (χ1v) is 24.5. The number of piperazine rings is 2. The quantitative estimate of drug-likeness (QED) is 0.109. The Bertz CT molecular complexity index is 2960. The second-order valence-electron chi connectivity index (χ2n) is 18.5. The Morgan fingerprint density at radius 3 is 1.41 bits per heavy atom. The molecule has 0 amide bonds. The normalized spacial score (nSPS) is 16.1. The van der Waals surface area contributed by atoms with Crippen LogP contribution in [0.1, 0.15) is 69.6 Å². The van der Waals surface area contributed by atoms with Gasteiger partial charge in [-0.1, -0.05) is 40.2 Å². The largest absolute Gasteiger partial charge is 0.477 e. The third-order valence-electron chi connectivity index (χ3n) is 13.2. The molecule has 14 nitrogen and oxygen atoms in total. The number of pyridine rings is 2. The molecule has 6 aromatic rings. The monoisotopic (exact) mass is 1010 g/mol. The summed E-state index contributed by atoms with van der Waals surface area (Å²) >= 11 is 3.41. The number of carboxylic acid groups (broad SMARTS) is 2. The summed E-state index contributed by atoms with van der Waals surface area (Å²) in [5, 5.41) is 23.1. The highest BCUT2D eigenvalue weighted by atomic mass is 79.9. The third-order valence-corrected chi connectivity index (χ3v) is 13.8. The van der Waals surface area contributed by atoms with E-state index in [4.69, 9.17) is 0 Å². The number of nitrogens with zero attached hydrogens (tertiary/aromatic N) is 7. The lowest BCUT2D eigenvalue weighted by atomic mass is 10.1. The molecule has 10 rings (SSSR count). The predicted octanol–water partition coefficient (Wildman–Crippen LogP) is 7.79. The fourth-order valence-corrected chi connectivity index (χ4v) is 9.28. The fraction of sp³-hybridized carbons (Fsp3) is 0.385. The second kappa shape index (κ2) is 21.1. The smallest absolute Gasteiger partial charge is 0.341 e. The number of aromatic nitrogens is 2. The first-order valence-electron chi connectivity index (χ1n) is 23.4. The lowest BCUT2D eigenvalue weighted by Crippen LogP contribution is -2.46. The Balaban J connectivity index is 0.000000158. The molecule has 4 aliphatic rings. The van der Waals surface area contributed by atoms with Gasteiger partial charge in [0.15, 0.2) is 0 Å². The van der Waals surface area contributed by atoms with Crippen LogP contribution in [0.25, 0.3) is 21.8 Å². The SMILES string of the molecule is CN(C)c1ccc(CBr)cc1.CN(C)c1ccc(CN2CCN(c3cc4c(cc3F)c(=O)c(C(=O)O)cn4C3CC3)CC2)cc1.O=C(O)c1cn(C2CC2)c2cc(N3CCNCC3)c(F)cc2c1=O. The van der Waals surface area contributed by atoms with Crippen LogP contribution in [0.3, 0.4) is 0 Å². The number of hydrogen-bond acceptors (Lipinski definition) is 10. The van der Waals surface area contributed by atoms with Gasteiger partial charge in [0, 0.05) is 139 Å². The van der Waals surface area contributed by atoms with E-state index in [1.165, 1.54) is 47.0 Å². The summed E-state index contributed by atoms with van der Waals surface area (Å²) in [5.74, 6) is -3.52. The number of halogens is 3. The molecule has 17 heteroatoms. The van der Waals surface area contributed by atoms with Crippen LogP contribution < -0.4 is 35.8 Å². The first-order chi connectivity index (χ1) is 33.1. The van der Waals surface area contributed by atoms with Gasteiger partial charge in [-0.2, -0.15) is 0 Å². The lowest BCUT2D eigenvalue weighted by molar-refractivity contribution is 0.0684. The van der Waals surface area contributed by atoms with Gasteiger partial charge < -0.3 is 44.3 Å². The van der Waals surface area contributed by atoms with Crippen molar-refractivity contribution in [3.63, 3.8) is 0 Å². The van der Waals surface area contributed by atoms with Crippen LogP contribution in [-0.4, -0.2) is 117 Å². The highest BCUT2D eigenvalue weighted by Gasteiger charge is 2.30. The molecule has 0 radical (unpaired) electrons. The van der Waals surface area contributed by atoms with Gasteiger partial charge in [-0.05, 0) is 85.3 Å². The number of benzene rings is 4. The van der Waals surface area contributed by atoms with Gasteiger partial charge >= 0.3 is 11.9 Å². The van der Waals surface area contributed by atoms with E-state index in [-0.39, 0.29) is 34.0 Å². The van der Waals surface area contributed by atoms with Crippen molar-refractivity contribution in [2.45, 2.75) is 49.6 Å². The van der Waals surface area contributed by atoms with Crippen molar-refractivity contribution in [3.05, 3.63) is 140 Å². The number of alkyl halides is 1. The summed E-state index contributed by atoms with van der Waals surface area (Å²) in [5.41, 5.74) is 5.28. The number of carbonyl (C=O) groups is 2. The summed E-state index contributed by atoms with van der Waals surface area (Å²) < 4.78 is 33.4. The van der Waals surface area contributed by atoms with E-state index in [9.17, 15) is 33.8 Å². The number of hydrogen-bond donors (Lipinski definition) is 3. The Morgan fingerprint density at radius 1 is 0.623 bits per heavy atom. The molecule has 0 bridgehead atoms. The van der Waals surface area contributed by atoms with Gasteiger partial charge in [0.1, 0.15) is 22.8 Å². The average Bonchev–Trinajstić information content (AvgIpc) is 4.29. The summed E-state index contributed by atoms with van der Waals surface area (Å²) in [6.45, 7) is 6.78. The van der Waals surface area contributed by atoms with E-state index in [0.717, 1.165) is 63.7 Å². The maximum atomic E-state index is 15.2. The molecule has 364 valence electrons. The number of rotatable bonds is 11. The van der Waals surface area contributed by atoms with Crippen molar-refractivity contribution >= 4 is 72.4 Å². The molecule has 69 heavy (non-hydrogen) atoms. The van der Waals surface area contributed by atoms with E-state index < -0.39 is 34.4 Å². The molecule has 0 unspecified atom stereocenters. The van der Waals surface area contributed by atoms with Crippen molar-refractivity contribution in [1.82, 2.24) is 19.4 Å². The summed E-state index contributed by atoms with van der Waals surface area (Å²) in [4.78, 5) is 58.5. The molecular weight excluding hydrogens is 951 g/mol. The van der Waals surface area contributed by atoms with Gasteiger partial charge in [-0.25, -0.2) is 18.4 Å². The predicted molar refractivity (Wildman–Crippen MR) is 274 cm³/mol. The Kier molecular flexibility index (Phi) is 15.1. The molecule has 3 N–H and O–H groups in total. The van der Waals surface area contributed by atoms with Gasteiger partial charge in [0.05, 0.1) is 22.4 Å². The Morgan fingerprint density at radius 2 is 1.03 bits per heavy atom. The second-order valence-corrected chi connectivity index (χ2v) is 19.1. The molecule has 0 spiro atoms. The van der Waals surface area contributed by atoms with E-state index in [1.807, 2.05) is 47.1 Å². The molecule has 4 aromatic carbocycles. The zero-order valence-electron chi connectivity index (χ0n) is 39.4. The van der Waals surface area contributed by atoms with Gasteiger partial charge in [0.2, 0.25) is 10.9 Å². The van der Waals surface area contributed by atoms with Crippen LogP contribution in [-0.2, 0) is 11.9 Å². The van der Waals surface area contributed by atoms with Crippen LogP contribution in [0.4, 0.5) is 31.5 Å². The molecular formula is C52H59BrF2N8O6. The topological polar surface area (TPSA) is 147 Å². The van der Waals surface area contributed by atoms with Crippen molar-refractivity contribution in [2.75, 3.05) is 100 Å². The maximum Gasteiger partial charge on any atom is 0.341 e. The van der Waals surface area contributed by atoms with Crippen LogP contribution in [0.15, 0.2) is 94.8 Å². The summed E-state index contributed by atoms with van der Waals surface area (Å²) in [7, 11) is 8.14.